The number of aromatic nitrogens is 2. The van der Waals surface area contributed by atoms with Gasteiger partial charge in [-0.1, -0.05) is 29.8 Å². The SMILES string of the molecule is Cn1c(CNC(=O)/C=C/c2ccc(Cl)c(C(F)(F)F)c2)nc2ccccc21. The van der Waals surface area contributed by atoms with Crippen molar-refractivity contribution in [2.45, 2.75) is 12.7 Å². The summed E-state index contributed by atoms with van der Waals surface area (Å²) in [5.41, 5.74) is 1.05. The van der Waals surface area contributed by atoms with Crippen molar-refractivity contribution in [1.29, 1.82) is 0 Å². The second-order valence-electron chi connectivity index (χ2n) is 5.86. The largest absolute Gasteiger partial charge is 0.417 e. The van der Waals surface area contributed by atoms with Crippen molar-refractivity contribution in [3.63, 3.8) is 0 Å². The summed E-state index contributed by atoms with van der Waals surface area (Å²) in [6, 6.07) is 11.0. The van der Waals surface area contributed by atoms with Crippen molar-refractivity contribution in [3.05, 3.63) is 70.5 Å². The summed E-state index contributed by atoms with van der Waals surface area (Å²) < 4.78 is 40.5. The second-order valence-corrected chi connectivity index (χ2v) is 6.27. The van der Waals surface area contributed by atoms with E-state index < -0.39 is 17.6 Å². The Morgan fingerprint density at radius 1 is 1.26 bits per heavy atom. The lowest BCUT2D eigenvalue weighted by molar-refractivity contribution is -0.137. The van der Waals surface area contributed by atoms with Crippen LogP contribution in [0.5, 0.6) is 0 Å². The number of aryl methyl sites for hydroxylation is 1. The first-order chi connectivity index (χ1) is 12.8. The van der Waals surface area contributed by atoms with E-state index in [0.717, 1.165) is 23.2 Å². The molecule has 1 heterocycles. The number of benzene rings is 2. The molecular formula is C19H15ClF3N3O. The molecule has 3 aromatic rings. The summed E-state index contributed by atoms with van der Waals surface area (Å²) in [6.07, 6.45) is -2.08. The lowest BCUT2D eigenvalue weighted by Gasteiger charge is -2.09. The summed E-state index contributed by atoms with van der Waals surface area (Å²) in [4.78, 5) is 16.4. The number of imidazole rings is 1. The van der Waals surface area contributed by atoms with Gasteiger partial charge in [0.1, 0.15) is 5.82 Å². The molecule has 0 saturated heterocycles. The van der Waals surface area contributed by atoms with Gasteiger partial charge in [0.05, 0.1) is 28.2 Å². The van der Waals surface area contributed by atoms with Crippen LogP contribution in [-0.2, 0) is 24.6 Å². The van der Waals surface area contributed by atoms with Crippen LogP contribution < -0.4 is 5.32 Å². The van der Waals surface area contributed by atoms with E-state index in [9.17, 15) is 18.0 Å². The van der Waals surface area contributed by atoms with Gasteiger partial charge in [-0.3, -0.25) is 4.79 Å². The second kappa shape index (κ2) is 7.44. The third-order valence-corrected chi connectivity index (χ3v) is 4.35. The molecule has 140 valence electrons. The van der Waals surface area contributed by atoms with E-state index in [4.69, 9.17) is 11.6 Å². The highest BCUT2D eigenvalue weighted by molar-refractivity contribution is 6.31. The number of amides is 1. The van der Waals surface area contributed by atoms with Gasteiger partial charge in [-0.15, -0.1) is 0 Å². The molecule has 0 fully saturated rings. The Labute approximate surface area is 158 Å². The van der Waals surface area contributed by atoms with E-state index in [1.54, 1.807) is 0 Å². The Morgan fingerprint density at radius 2 is 2.00 bits per heavy atom. The molecule has 0 bridgehead atoms. The molecular weight excluding hydrogens is 379 g/mol. The molecule has 0 saturated carbocycles. The molecule has 27 heavy (non-hydrogen) atoms. The summed E-state index contributed by atoms with van der Waals surface area (Å²) in [7, 11) is 1.85. The highest BCUT2D eigenvalue weighted by Gasteiger charge is 2.33. The van der Waals surface area contributed by atoms with E-state index in [-0.39, 0.29) is 17.1 Å². The molecule has 1 N–H and O–H groups in total. The molecule has 3 rings (SSSR count). The number of hydrogen-bond acceptors (Lipinski definition) is 2. The van der Waals surface area contributed by atoms with Crippen LogP contribution in [-0.4, -0.2) is 15.5 Å². The van der Waals surface area contributed by atoms with E-state index >= 15 is 0 Å². The summed E-state index contributed by atoms with van der Waals surface area (Å²) >= 11 is 5.58. The van der Waals surface area contributed by atoms with Crippen LogP contribution in [0.2, 0.25) is 5.02 Å². The van der Waals surface area contributed by atoms with Crippen LogP contribution in [0.25, 0.3) is 17.1 Å². The average Bonchev–Trinajstić information content (AvgIpc) is 2.94. The van der Waals surface area contributed by atoms with E-state index in [1.807, 2.05) is 35.9 Å². The highest BCUT2D eigenvalue weighted by atomic mass is 35.5. The standard InChI is InChI=1S/C19H15ClF3N3O/c1-26-16-5-3-2-4-15(16)25-17(26)11-24-18(27)9-7-12-6-8-14(20)13(10-12)19(21,22)23/h2-10H,11H2,1H3,(H,24,27)/b9-7+. The molecule has 0 radical (unpaired) electrons. The van der Waals surface area contributed by atoms with Crippen LogP contribution >= 0.6 is 11.6 Å². The molecule has 8 heteroatoms. The highest BCUT2D eigenvalue weighted by Crippen LogP contribution is 2.35. The maximum Gasteiger partial charge on any atom is 0.417 e. The number of carbonyl (C=O) groups excluding carboxylic acids is 1. The number of halogens is 4. The van der Waals surface area contributed by atoms with E-state index in [1.165, 1.54) is 18.2 Å². The minimum Gasteiger partial charge on any atom is -0.345 e. The first-order valence-electron chi connectivity index (χ1n) is 7.98. The first kappa shape index (κ1) is 19.0. The fourth-order valence-corrected chi connectivity index (χ4v) is 2.84. The number of para-hydroxylation sites is 2. The van der Waals surface area contributed by atoms with Crippen molar-refractivity contribution >= 4 is 34.6 Å². The Kier molecular flexibility index (Phi) is 5.23. The molecule has 1 amide bonds. The fourth-order valence-electron chi connectivity index (χ4n) is 2.61. The van der Waals surface area contributed by atoms with E-state index in [0.29, 0.717) is 5.82 Å². The van der Waals surface area contributed by atoms with Crippen molar-refractivity contribution in [2.75, 3.05) is 0 Å². The van der Waals surface area contributed by atoms with Gasteiger partial charge in [0.25, 0.3) is 0 Å². The molecule has 0 spiro atoms. The maximum absolute atomic E-state index is 12.9. The van der Waals surface area contributed by atoms with Gasteiger partial charge in [0.2, 0.25) is 5.91 Å². The number of alkyl halides is 3. The third-order valence-electron chi connectivity index (χ3n) is 4.02. The number of carbonyl (C=O) groups is 1. The monoisotopic (exact) mass is 393 g/mol. The zero-order valence-electron chi connectivity index (χ0n) is 14.2. The molecule has 0 aliphatic heterocycles. The first-order valence-corrected chi connectivity index (χ1v) is 8.36. The van der Waals surface area contributed by atoms with E-state index in [2.05, 4.69) is 10.3 Å². The molecule has 0 aliphatic carbocycles. The summed E-state index contributed by atoms with van der Waals surface area (Å²) in [6.45, 7) is 0.197. The van der Waals surface area contributed by atoms with Crippen molar-refractivity contribution in [2.24, 2.45) is 7.05 Å². The molecule has 2 aromatic carbocycles. The quantitative estimate of drug-likeness (QED) is 0.660. The number of fused-ring (bicyclic) bond motifs is 1. The van der Waals surface area contributed by atoms with Crippen LogP contribution in [0.4, 0.5) is 13.2 Å². The zero-order chi connectivity index (χ0) is 19.6. The van der Waals surface area contributed by atoms with Gasteiger partial charge in [0.15, 0.2) is 0 Å². The van der Waals surface area contributed by atoms with Gasteiger partial charge in [-0.25, -0.2) is 4.98 Å². The summed E-state index contributed by atoms with van der Waals surface area (Å²) in [5.74, 6) is 0.231. The Bertz CT molecular complexity index is 1020. The van der Waals surface area contributed by atoms with Gasteiger partial charge < -0.3 is 9.88 Å². The van der Waals surface area contributed by atoms with Gasteiger partial charge in [0, 0.05) is 13.1 Å². The predicted octanol–water partition coefficient (Wildman–Crippen LogP) is 4.58. The Balaban J connectivity index is 1.68. The van der Waals surface area contributed by atoms with Gasteiger partial charge >= 0.3 is 6.18 Å². The van der Waals surface area contributed by atoms with Crippen LogP contribution in [0, 0.1) is 0 Å². The number of hydrogen-bond donors (Lipinski definition) is 1. The van der Waals surface area contributed by atoms with Crippen LogP contribution in [0.1, 0.15) is 17.0 Å². The maximum atomic E-state index is 12.9. The molecule has 4 nitrogen and oxygen atoms in total. The van der Waals surface area contributed by atoms with Crippen LogP contribution in [0.15, 0.2) is 48.5 Å². The minimum atomic E-state index is -4.55. The topological polar surface area (TPSA) is 46.9 Å². The van der Waals surface area contributed by atoms with Gasteiger partial charge in [-0.05, 0) is 35.9 Å². The molecule has 0 unspecified atom stereocenters. The molecule has 0 atom stereocenters. The number of nitrogens with one attached hydrogen (secondary N) is 1. The third kappa shape index (κ3) is 4.31. The minimum absolute atomic E-state index is 0.197. The number of rotatable bonds is 4. The molecule has 1 aromatic heterocycles. The van der Waals surface area contributed by atoms with Crippen LogP contribution in [0.3, 0.4) is 0 Å². The lowest BCUT2D eigenvalue weighted by Crippen LogP contribution is -2.22. The number of nitrogens with zero attached hydrogens (tertiary/aromatic N) is 2. The molecule has 0 aliphatic rings. The predicted molar refractivity (Wildman–Crippen MR) is 98.0 cm³/mol. The van der Waals surface area contributed by atoms with Gasteiger partial charge in [-0.2, -0.15) is 13.2 Å². The van der Waals surface area contributed by atoms with Crippen molar-refractivity contribution < 1.29 is 18.0 Å². The van der Waals surface area contributed by atoms with Crippen molar-refractivity contribution in [1.82, 2.24) is 14.9 Å². The smallest absolute Gasteiger partial charge is 0.345 e. The summed E-state index contributed by atoms with van der Waals surface area (Å²) in [5, 5.41) is 2.29. The van der Waals surface area contributed by atoms with Crippen molar-refractivity contribution in [3.8, 4) is 0 Å². The Morgan fingerprint density at radius 3 is 2.70 bits per heavy atom. The lowest BCUT2D eigenvalue weighted by atomic mass is 10.1. The average molecular weight is 394 g/mol. The Hall–Kier alpha value is -2.80. The zero-order valence-corrected chi connectivity index (χ0v) is 15.0. The fraction of sp³-hybridized carbons (Fsp3) is 0.158. The normalized spacial score (nSPS) is 12.0.